The lowest BCUT2D eigenvalue weighted by Crippen LogP contribution is -2.03. The van der Waals surface area contributed by atoms with Crippen LogP contribution in [0.25, 0.3) is 16.9 Å². The minimum Gasteiger partial charge on any atom is -0.497 e. The van der Waals surface area contributed by atoms with Crippen LogP contribution in [0.4, 0.5) is 5.82 Å². The lowest BCUT2D eigenvalue weighted by Gasteiger charge is -2.09. The van der Waals surface area contributed by atoms with Crippen LogP contribution in [0, 0.1) is 0 Å². The Morgan fingerprint density at radius 3 is 2.45 bits per heavy atom. The second-order valence-electron chi connectivity index (χ2n) is 6.56. The molecule has 0 bridgehead atoms. The number of anilines is 1. The highest BCUT2D eigenvalue weighted by atomic mass is 32.2. The molecule has 0 aliphatic heterocycles. The van der Waals surface area contributed by atoms with Gasteiger partial charge in [0.1, 0.15) is 11.6 Å². The molecule has 6 nitrogen and oxygen atoms in total. The first-order chi connectivity index (χ1) is 14.2. The standard InChI is InChI=1S/C22H23N5OS/c1-3-18-24-19-20(23)25-22(29-14-13-15-7-5-4-6-8-15)26-21(19)27(18)16-9-11-17(28-2)12-10-16/h4-12H,3,13-14H2,1-2H3,(H2,23,25,26). The molecule has 29 heavy (non-hydrogen) atoms. The van der Waals surface area contributed by atoms with Crippen LogP contribution in [-0.4, -0.2) is 32.4 Å². The molecule has 0 aliphatic carbocycles. The van der Waals surface area contributed by atoms with Crippen LogP contribution < -0.4 is 10.5 Å². The summed E-state index contributed by atoms with van der Waals surface area (Å²) in [6, 6.07) is 18.3. The quantitative estimate of drug-likeness (QED) is 0.365. The number of thioether (sulfide) groups is 1. The van der Waals surface area contributed by atoms with E-state index in [0.29, 0.717) is 16.5 Å². The monoisotopic (exact) mass is 405 g/mol. The van der Waals surface area contributed by atoms with Crippen LogP contribution in [0.1, 0.15) is 18.3 Å². The molecule has 4 rings (SSSR count). The largest absolute Gasteiger partial charge is 0.497 e. The Morgan fingerprint density at radius 1 is 1.00 bits per heavy atom. The van der Waals surface area contributed by atoms with Crippen molar-refractivity contribution in [1.29, 1.82) is 0 Å². The van der Waals surface area contributed by atoms with E-state index in [-0.39, 0.29) is 0 Å². The summed E-state index contributed by atoms with van der Waals surface area (Å²) in [5.74, 6) is 3.01. The van der Waals surface area contributed by atoms with Crippen molar-refractivity contribution in [2.24, 2.45) is 0 Å². The van der Waals surface area contributed by atoms with Crippen molar-refractivity contribution >= 4 is 28.7 Å². The zero-order valence-corrected chi connectivity index (χ0v) is 17.3. The molecule has 0 atom stereocenters. The third kappa shape index (κ3) is 4.05. The zero-order chi connectivity index (χ0) is 20.2. The molecular weight excluding hydrogens is 382 g/mol. The summed E-state index contributed by atoms with van der Waals surface area (Å²) in [7, 11) is 1.66. The molecule has 0 saturated heterocycles. The number of aromatic nitrogens is 4. The van der Waals surface area contributed by atoms with E-state index >= 15 is 0 Å². The van der Waals surface area contributed by atoms with Crippen molar-refractivity contribution in [1.82, 2.24) is 19.5 Å². The van der Waals surface area contributed by atoms with Gasteiger partial charge in [0, 0.05) is 17.9 Å². The molecule has 2 aromatic carbocycles. The number of hydrogen-bond donors (Lipinski definition) is 1. The normalized spacial score (nSPS) is 11.1. The van der Waals surface area contributed by atoms with E-state index < -0.39 is 0 Å². The average Bonchev–Trinajstić information content (AvgIpc) is 3.14. The fraction of sp³-hybridized carbons (Fsp3) is 0.227. The molecule has 2 aromatic heterocycles. The molecule has 0 amide bonds. The third-order valence-corrected chi connectivity index (χ3v) is 5.54. The van der Waals surface area contributed by atoms with Gasteiger partial charge in [-0.2, -0.15) is 0 Å². The highest BCUT2D eigenvalue weighted by Crippen LogP contribution is 2.27. The molecule has 0 saturated carbocycles. The summed E-state index contributed by atoms with van der Waals surface area (Å²) in [5.41, 5.74) is 9.89. The van der Waals surface area contributed by atoms with Crippen molar-refractivity contribution in [2.75, 3.05) is 18.6 Å². The molecule has 2 heterocycles. The number of imidazole rings is 1. The molecule has 0 spiro atoms. The molecule has 0 radical (unpaired) electrons. The number of nitrogen functional groups attached to an aromatic ring is 1. The molecule has 0 unspecified atom stereocenters. The van der Waals surface area contributed by atoms with Gasteiger partial charge in [-0.1, -0.05) is 49.0 Å². The van der Waals surface area contributed by atoms with Gasteiger partial charge >= 0.3 is 0 Å². The first-order valence-electron chi connectivity index (χ1n) is 9.55. The molecule has 148 valence electrons. The van der Waals surface area contributed by atoms with Crippen LogP contribution in [0.2, 0.25) is 0 Å². The minimum atomic E-state index is 0.416. The van der Waals surface area contributed by atoms with Crippen LogP contribution in [0.3, 0.4) is 0 Å². The number of fused-ring (bicyclic) bond motifs is 1. The topological polar surface area (TPSA) is 78.9 Å². The second-order valence-corrected chi connectivity index (χ2v) is 7.62. The van der Waals surface area contributed by atoms with E-state index in [4.69, 9.17) is 20.4 Å². The fourth-order valence-electron chi connectivity index (χ4n) is 3.21. The molecule has 0 fully saturated rings. The minimum absolute atomic E-state index is 0.416. The van der Waals surface area contributed by atoms with Gasteiger partial charge in [0.25, 0.3) is 0 Å². The Bertz CT molecular complexity index is 1110. The Balaban J connectivity index is 1.67. The summed E-state index contributed by atoms with van der Waals surface area (Å²) in [5, 5.41) is 0.670. The summed E-state index contributed by atoms with van der Waals surface area (Å²) in [6.07, 6.45) is 1.71. The maximum Gasteiger partial charge on any atom is 0.191 e. The molecule has 0 aliphatic rings. The number of hydrogen-bond acceptors (Lipinski definition) is 6. The highest BCUT2D eigenvalue weighted by Gasteiger charge is 2.17. The van der Waals surface area contributed by atoms with Gasteiger partial charge in [-0.05, 0) is 36.2 Å². The number of ether oxygens (including phenoxy) is 1. The SMILES string of the molecule is CCc1nc2c(N)nc(SCCc3ccccc3)nc2n1-c1ccc(OC)cc1. The van der Waals surface area contributed by atoms with Gasteiger partial charge in [-0.25, -0.2) is 15.0 Å². The Hall–Kier alpha value is -3.06. The summed E-state index contributed by atoms with van der Waals surface area (Å²) in [4.78, 5) is 14.0. The average molecular weight is 406 g/mol. The molecule has 4 aromatic rings. The zero-order valence-electron chi connectivity index (χ0n) is 16.5. The van der Waals surface area contributed by atoms with Crippen molar-refractivity contribution in [2.45, 2.75) is 24.9 Å². The van der Waals surface area contributed by atoms with E-state index in [1.807, 2.05) is 34.9 Å². The fourth-order valence-corrected chi connectivity index (χ4v) is 4.05. The Labute approximate surface area is 174 Å². The Kier molecular flexibility index (Phi) is 5.67. The van der Waals surface area contributed by atoms with Gasteiger partial charge in [0.2, 0.25) is 0 Å². The van der Waals surface area contributed by atoms with Gasteiger partial charge < -0.3 is 10.5 Å². The number of nitrogens with two attached hydrogens (primary N) is 1. The second kappa shape index (κ2) is 8.53. The van der Waals surface area contributed by atoms with Gasteiger partial charge in [0.15, 0.2) is 22.1 Å². The van der Waals surface area contributed by atoms with Crippen LogP contribution >= 0.6 is 11.8 Å². The van der Waals surface area contributed by atoms with Crippen LogP contribution in [0.15, 0.2) is 59.8 Å². The van der Waals surface area contributed by atoms with Crippen LogP contribution in [-0.2, 0) is 12.8 Å². The summed E-state index contributed by atoms with van der Waals surface area (Å²) < 4.78 is 7.33. The highest BCUT2D eigenvalue weighted by molar-refractivity contribution is 7.99. The van der Waals surface area contributed by atoms with E-state index in [1.165, 1.54) is 5.56 Å². The lowest BCUT2D eigenvalue weighted by molar-refractivity contribution is 0.414. The van der Waals surface area contributed by atoms with Crippen LogP contribution in [0.5, 0.6) is 5.75 Å². The lowest BCUT2D eigenvalue weighted by atomic mass is 10.2. The summed E-state index contributed by atoms with van der Waals surface area (Å²) >= 11 is 1.61. The van der Waals surface area contributed by atoms with Crippen molar-refractivity contribution in [3.8, 4) is 11.4 Å². The van der Waals surface area contributed by atoms with E-state index in [0.717, 1.165) is 41.5 Å². The van der Waals surface area contributed by atoms with Crippen molar-refractivity contribution in [3.63, 3.8) is 0 Å². The van der Waals surface area contributed by atoms with E-state index in [9.17, 15) is 0 Å². The smallest absolute Gasteiger partial charge is 0.191 e. The maximum atomic E-state index is 6.24. The number of aryl methyl sites for hydroxylation is 2. The number of nitrogens with zero attached hydrogens (tertiary/aromatic N) is 4. The Morgan fingerprint density at radius 2 is 1.76 bits per heavy atom. The number of benzene rings is 2. The predicted molar refractivity (Wildman–Crippen MR) is 118 cm³/mol. The third-order valence-electron chi connectivity index (χ3n) is 4.69. The molecular formula is C22H23N5OS. The van der Waals surface area contributed by atoms with Gasteiger partial charge in [-0.15, -0.1) is 0 Å². The predicted octanol–water partition coefficient (Wildman–Crippen LogP) is 4.30. The van der Waals surface area contributed by atoms with Gasteiger partial charge in [-0.3, -0.25) is 4.57 Å². The van der Waals surface area contributed by atoms with Crippen molar-refractivity contribution < 1.29 is 4.74 Å². The molecule has 7 heteroatoms. The number of rotatable bonds is 7. The first kappa shape index (κ1) is 19.3. The summed E-state index contributed by atoms with van der Waals surface area (Å²) in [6.45, 7) is 2.07. The number of methoxy groups -OCH3 is 1. The van der Waals surface area contributed by atoms with Gasteiger partial charge in [0.05, 0.1) is 7.11 Å². The van der Waals surface area contributed by atoms with Crippen molar-refractivity contribution in [3.05, 3.63) is 66.0 Å². The van der Waals surface area contributed by atoms with E-state index in [1.54, 1.807) is 18.9 Å². The maximum absolute atomic E-state index is 6.24. The van der Waals surface area contributed by atoms with E-state index in [2.05, 4.69) is 36.2 Å². The first-order valence-corrected chi connectivity index (χ1v) is 10.5. The molecule has 2 N–H and O–H groups in total.